The highest BCUT2D eigenvalue weighted by atomic mass is 16.5. The van der Waals surface area contributed by atoms with Crippen molar-refractivity contribution in [3.8, 4) is 0 Å². The van der Waals surface area contributed by atoms with Gasteiger partial charge in [0.15, 0.2) is 0 Å². The molecule has 100 valence electrons. The summed E-state index contributed by atoms with van der Waals surface area (Å²) in [5.41, 5.74) is 2.71. The van der Waals surface area contributed by atoms with Crippen LogP contribution < -0.4 is 5.32 Å². The van der Waals surface area contributed by atoms with E-state index in [1.807, 2.05) is 0 Å². The van der Waals surface area contributed by atoms with E-state index in [-0.39, 0.29) is 0 Å². The van der Waals surface area contributed by atoms with Gasteiger partial charge in [-0.1, -0.05) is 43.7 Å². The summed E-state index contributed by atoms with van der Waals surface area (Å²) in [5.74, 6) is 0.619. The molecule has 0 bridgehead atoms. The van der Waals surface area contributed by atoms with Crippen molar-refractivity contribution < 1.29 is 4.74 Å². The second-order valence-electron chi connectivity index (χ2n) is 5.74. The quantitative estimate of drug-likeness (QED) is 0.881. The smallest absolute Gasteiger partial charge is 0.0612 e. The maximum Gasteiger partial charge on any atom is 0.0612 e. The zero-order valence-electron chi connectivity index (χ0n) is 11.8. The molecule has 2 heteroatoms. The molecule has 1 fully saturated rings. The van der Waals surface area contributed by atoms with Gasteiger partial charge in [-0.25, -0.2) is 0 Å². The topological polar surface area (TPSA) is 21.3 Å². The predicted octanol–water partition coefficient (Wildman–Crippen LogP) is 3.29. The molecule has 1 aromatic rings. The molecule has 0 aliphatic carbocycles. The largest absolute Gasteiger partial charge is 0.378 e. The molecule has 2 unspecified atom stereocenters. The van der Waals surface area contributed by atoms with Gasteiger partial charge in [-0.3, -0.25) is 0 Å². The van der Waals surface area contributed by atoms with Crippen LogP contribution in [0.5, 0.6) is 0 Å². The summed E-state index contributed by atoms with van der Waals surface area (Å²) >= 11 is 0. The van der Waals surface area contributed by atoms with E-state index >= 15 is 0 Å². The first-order valence-corrected chi connectivity index (χ1v) is 7.05. The SMILES string of the molecule is Cc1cccc(CNC2CCOC(C(C)C)C2)c1. The molecule has 18 heavy (non-hydrogen) atoms. The van der Waals surface area contributed by atoms with Crippen molar-refractivity contribution in [3.05, 3.63) is 35.4 Å². The van der Waals surface area contributed by atoms with Crippen LogP contribution in [0.3, 0.4) is 0 Å². The van der Waals surface area contributed by atoms with Gasteiger partial charge in [-0.05, 0) is 31.2 Å². The Labute approximate surface area is 111 Å². The van der Waals surface area contributed by atoms with Gasteiger partial charge < -0.3 is 10.1 Å². The van der Waals surface area contributed by atoms with Crippen molar-refractivity contribution in [2.75, 3.05) is 6.61 Å². The van der Waals surface area contributed by atoms with E-state index in [1.54, 1.807) is 0 Å². The third-order valence-corrected chi connectivity index (χ3v) is 3.74. The van der Waals surface area contributed by atoms with E-state index in [0.717, 1.165) is 26.0 Å². The Morgan fingerprint density at radius 2 is 2.22 bits per heavy atom. The molecular weight excluding hydrogens is 222 g/mol. The van der Waals surface area contributed by atoms with Gasteiger partial charge >= 0.3 is 0 Å². The zero-order valence-corrected chi connectivity index (χ0v) is 11.8. The number of ether oxygens (including phenoxy) is 1. The van der Waals surface area contributed by atoms with Crippen molar-refractivity contribution in [2.24, 2.45) is 5.92 Å². The Morgan fingerprint density at radius 3 is 2.94 bits per heavy atom. The summed E-state index contributed by atoms with van der Waals surface area (Å²) in [6, 6.07) is 9.33. The van der Waals surface area contributed by atoms with E-state index in [0.29, 0.717) is 18.1 Å². The monoisotopic (exact) mass is 247 g/mol. The lowest BCUT2D eigenvalue weighted by Crippen LogP contribution is -2.40. The molecule has 1 aliphatic rings. The van der Waals surface area contributed by atoms with Gasteiger partial charge in [0, 0.05) is 19.2 Å². The van der Waals surface area contributed by atoms with Crippen molar-refractivity contribution in [3.63, 3.8) is 0 Å². The Balaban J connectivity index is 1.83. The lowest BCUT2D eigenvalue weighted by molar-refractivity contribution is -0.0245. The van der Waals surface area contributed by atoms with Crippen LogP contribution in [0.25, 0.3) is 0 Å². The Morgan fingerprint density at radius 1 is 1.39 bits per heavy atom. The highest BCUT2D eigenvalue weighted by Crippen LogP contribution is 2.20. The maximum absolute atomic E-state index is 5.80. The highest BCUT2D eigenvalue weighted by Gasteiger charge is 2.24. The average molecular weight is 247 g/mol. The molecular formula is C16H25NO. The van der Waals surface area contributed by atoms with Crippen molar-refractivity contribution >= 4 is 0 Å². The average Bonchev–Trinajstić information content (AvgIpc) is 2.37. The van der Waals surface area contributed by atoms with Crippen LogP contribution in [-0.4, -0.2) is 18.8 Å². The van der Waals surface area contributed by atoms with Crippen LogP contribution in [0.1, 0.15) is 37.8 Å². The van der Waals surface area contributed by atoms with Gasteiger partial charge in [0.2, 0.25) is 0 Å². The molecule has 2 atom stereocenters. The van der Waals surface area contributed by atoms with E-state index < -0.39 is 0 Å². The molecule has 2 nitrogen and oxygen atoms in total. The number of benzene rings is 1. The predicted molar refractivity (Wildman–Crippen MR) is 75.6 cm³/mol. The maximum atomic E-state index is 5.80. The second kappa shape index (κ2) is 6.35. The number of nitrogens with one attached hydrogen (secondary N) is 1. The normalized spacial score (nSPS) is 24.4. The molecule has 0 spiro atoms. The minimum absolute atomic E-state index is 0.425. The Bertz CT molecular complexity index is 375. The summed E-state index contributed by atoms with van der Waals surface area (Å²) in [6.45, 7) is 8.50. The molecule has 2 rings (SSSR count). The van der Waals surface area contributed by atoms with Gasteiger partial charge in [-0.2, -0.15) is 0 Å². The molecule has 1 saturated heterocycles. The first kappa shape index (κ1) is 13.6. The highest BCUT2D eigenvalue weighted by molar-refractivity contribution is 5.22. The Kier molecular flexibility index (Phi) is 4.79. The lowest BCUT2D eigenvalue weighted by atomic mass is 9.95. The fraction of sp³-hybridized carbons (Fsp3) is 0.625. The molecule has 1 aliphatic heterocycles. The third-order valence-electron chi connectivity index (χ3n) is 3.74. The van der Waals surface area contributed by atoms with Crippen LogP contribution in [0, 0.1) is 12.8 Å². The summed E-state index contributed by atoms with van der Waals surface area (Å²) in [7, 11) is 0. The number of hydrogen-bond donors (Lipinski definition) is 1. The molecule has 1 N–H and O–H groups in total. The molecule has 1 heterocycles. The zero-order chi connectivity index (χ0) is 13.0. The number of hydrogen-bond acceptors (Lipinski definition) is 2. The Hall–Kier alpha value is -0.860. The second-order valence-corrected chi connectivity index (χ2v) is 5.74. The van der Waals surface area contributed by atoms with E-state index in [2.05, 4.69) is 50.4 Å². The standard InChI is InChI=1S/C16H25NO/c1-12(2)16-10-15(7-8-18-16)17-11-14-6-4-5-13(3)9-14/h4-6,9,12,15-17H,7-8,10-11H2,1-3H3. The number of rotatable bonds is 4. The summed E-state index contributed by atoms with van der Waals surface area (Å²) < 4.78 is 5.80. The van der Waals surface area contributed by atoms with Crippen LogP contribution in [0.2, 0.25) is 0 Å². The first-order chi connectivity index (χ1) is 8.65. The summed E-state index contributed by atoms with van der Waals surface area (Å²) in [4.78, 5) is 0. The summed E-state index contributed by atoms with van der Waals surface area (Å²) in [6.07, 6.45) is 2.70. The first-order valence-electron chi connectivity index (χ1n) is 7.05. The van der Waals surface area contributed by atoms with Crippen LogP contribution in [0.4, 0.5) is 0 Å². The van der Waals surface area contributed by atoms with Gasteiger partial charge in [-0.15, -0.1) is 0 Å². The molecule has 0 saturated carbocycles. The van der Waals surface area contributed by atoms with E-state index in [9.17, 15) is 0 Å². The minimum atomic E-state index is 0.425. The third kappa shape index (κ3) is 3.82. The van der Waals surface area contributed by atoms with Crippen molar-refractivity contribution in [2.45, 2.75) is 52.3 Å². The van der Waals surface area contributed by atoms with Crippen LogP contribution >= 0.6 is 0 Å². The van der Waals surface area contributed by atoms with Gasteiger partial charge in [0.25, 0.3) is 0 Å². The van der Waals surface area contributed by atoms with Crippen LogP contribution in [0.15, 0.2) is 24.3 Å². The minimum Gasteiger partial charge on any atom is -0.378 e. The number of aryl methyl sites for hydroxylation is 1. The fourth-order valence-electron chi connectivity index (χ4n) is 2.56. The van der Waals surface area contributed by atoms with Gasteiger partial charge in [0.1, 0.15) is 0 Å². The van der Waals surface area contributed by atoms with Gasteiger partial charge in [0.05, 0.1) is 6.10 Å². The fourth-order valence-corrected chi connectivity index (χ4v) is 2.56. The van der Waals surface area contributed by atoms with E-state index in [4.69, 9.17) is 4.74 Å². The van der Waals surface area contributed by atoms with Crippen molar-refractivity contribution in [1.82, 2.24) is 5.32 Å². The molecule has 0 aromatic heterocycles. The van der Waals surface area contributed by atoms with Crippen LogP contribution in [-0.2, 0) is 11.3 Å². The molecule has 1 aromatic carbocycles. The lowest BCUT2D eigenvalue weighted by Gasteiger charge is -2.32. The molecule has 0 amide bonds. The van der Waals surface area contributed by atoms with E-state index in [1.165, 1.54) is 11.1 Å². The molecule has 0 radical (unpaired) electrons. The summed E-state index contributed by atoms with van der Waals surface area (Å²) in [5, 5.41) is 3.67. The van der Waals surface area contributed by atoms with Crippen molar-refractivity contribution in [1.29, 1.82) is 0 Å².